The van der Waals surface area contributed by atoms with Gasteiger partial charge < -0.3 is 14.2 Å². The van der Waals surface area contributed by atoms with E-state index in [0.29, 0.717) is 12.4 Å². The van der Waals surface area contributed by atoms with Crippen LogP contribution in [-0.2, 0) is 12.0 Å². The number of carbonyl (C=O) groups is 1. The lowest BCUT2D eigenvalue weighted by molar-refractivity contribution is 0.220. The maximum Gasteiger partial charge on any atom is 0.323 e. The molecule has 6 nitrogen and oxygen atoms in total. The highest BCUT2D eigenvalue weighted by molar-refractivity contribution is 5.88. The SMILES string of the molecule is COc1cccc(CN(C)C(=O)Nc2cc(C(C)(C)C)on2)c1. The number of ether oxygens (including phenoxy) is 1. The van der Waals surface area contributed by atoms with Gasteiger partial charge in [-0.2, -0.15) is 0 Å². The van der Waals surface area contributed by atoms with Crippen LogP contribution in [0, 0.1) is 0 Å². The molecule has 0 bridgehead atoms. The highest BCUT2D eigenvalue weighted by atomic mass is 16.5. The predicted octanol–water partition coefficient (Wildman–Crippen LogP) is 3.64. The van der Waals surface area contributed by atoms with Gasteiger partial charge in [0.25, 0.3) is 0 Å². The monoisotopic (exact) mass is 317 g/mol. The molecule has 0 aliphatic heterocycles. The Kier molecular flexibility index (Phi) is 4.93. The summed E-state index contributed by atoms with van der Waals surface area (Å²) in [6, 6.07) is 9.11. The topological polar surface area (TPSA) is 67.6 Å². The Bertz CT molecular complexity index is 674. The third-order valence-corrected chi connectivity index (χ3v) is 3.38. The number of amides is 2. The van der Waals surface area contributed by atoms with Crippen LogP contribution in [0.15, 0.2) is 34.9 Å². The van der Waals surface area contributed by atoms with Crippen molar-refractivity contribution in [2.75, 3.05) is 19.5 Å². The van der Waals surface area contributed by atoms with Crippen LogP contribution in [0.5, 0.6) is 5.75 Å². The van der Waals surface area contributed by atoms with Gasteiger partial charge in [0.1, 0.15) is 11.5 Å². The average molecular weight is 317 g/mol. The number of benzene rings is 1. The Labute approximate surface area is 136 Å². The number of hydrogen-bond donors (Lipinski definition) is 1. The van der Waals surface area contributed by atoms with E-state index >= 15 is 0 Å². The summed E-state index contributed by atoms with van der Waals surface area (Å²) in [5.74, 6) is 1.91. The molecule has 1 N–H and O–H groups in total. The van der Waals surface area contributed by atoms with Crippen molar-refractivity contribution in [2.45, 2.75) is 32.7 Å². The van der Waals surface area contributed by atoms with E-state index in [0.717, 1.165) is 17.1 Å². The first-order chi connectivity index (χ1) is 10.8. The number of methoxy groups -OCH3 is 1. The zero-order valence-electron chi connectivity index (χ0n) is 14.2. The highest BCUT2D eigenvalue weighted by Crippen LogP contribution is 2.24. The van der Waals surface area contributed by atoms with Crippen LogP contribution >= 0.6 is 0 Å². The second-order valence-electron chi connectivity index (χ2n) is 6.46. The van der Waals surface area contributed by atoms with Crippen LogP contribution in [-0.4, -0.2) is 30.2 Å². The van der Waals surface area contributed by atoms with Crippen molar-refractivity contribution in [3.05, 3.63) is 41.7 Å². The van der Waals surface area contributed by atoms with Gasteiger partial charge in [-0.05, 0) is 17.7 Å². The molecule has 1 aromatic heterocycles. The maximum absolute atomic E-state index is 12.2. The van der Waals surface area contributed by atoms with Gasteiger partial charge >= 0.3 is 6.03 Å². The molecule has 0 unspecified atom stereocenters. The fourth-order valence-electron chi connectivity index (χ4n) is 2.01. The largest absolute Gasteiger partial charge is 0.497 e. The number of rotatable bonds is 4. The smallest absolute Gasteiger partial charge is 0.323 e. The van der Waals surface area contributed by atoms with E-state index in [1.807, 2.05) is 45.0 Å². The zero-order valence-corrected chi connectivity index (χ0v) is 14.2. The highest BCUT2D eigenvalue weighted by Gasteiger charge is 2.21. The van der Waals surface area contributed by atoms with E-state index in [-0.39, 0.29) is 11.4 Å². The summed E-state index contributed by atoms with van der Waals surface area (Å²) in [6.07, 6.45) is 0. The number of aromatic nitrogens is 1. The molecule has 2 aromatic rings. The average Bonchev–Trinajstić information content (AvgIpc) is 2.96. The van der Waals surface area contributed by atoms with Gasteiger partial charge in [-0.25, -0.2) is 4.79 Å². The van der Waals surface area contributed by atoms with E-state index in [9.17, 15) is 4.79 Å². The number of nitrogens with one attached hydrogen (secondary N) is 1. The fourth-order valence-corrected chi connectivity index (χ4v) is 2.01. The quantitative estimate of drug-likeness (QED) is 0.934. The number of carbonyl (C=O) groups excluding carboxylic acids is 1. The van der Waals surface area contributed by atoms with E-state index in [1.54, 1.807) is 25.1 Å². The Morgan fingerprint density at radius 2 is 2.09 bits per heavy atom. The fraction of sp³-hybridized carbons (Fsp3) is 0.412. The molecule has 2 rings (SSSR count). The summed E-state index contributed by atoms with van der Waals surface area (Å²) in [7, 11) is 3.34. The molecule has 1 aromatic carbocycles. The van der Waals surface area contributed by atoms with E-state index < -0.39 is 0 Å². The Morgan fingerprint density at radius 3 is 2.70 bits per heavy atom. The van der Waals surface area contributed by atoms with Crippen molar-refractivity contribution in [1.82, 2.24) is 10.1 Å². The van der Waals surface area contributed by atoms with Crippen molar-refractivity contribution >= 4 is 11.8 Å². The van der Waals surface area contributed by atoms with E-state index in [4.69, 9.17) is 9.26 Å². The second-order valence-corrected chi connectivity index (χ2v) is 6.46. The second kappa shape index (κ2) is 6.73. The summed E-state index contributed by atoms with van der Waals surface area (Å²) in [5, 5.41) is 6.62. The third kappa shape index (κ3) is 4.48. The molecule has 1 heterocycles. The van der Waals surface area contributed by atoms with Gasteiger partial charge in [-0.1, -0.05) is 38.1 Å². The van der Waals surface area contributed by atoms with Gasteiger partial charge in [-0.15, -0.1) is 0 Å². The summed E-state index contributed by atoms with van der Waals surface area (Å²) in [6.45, 7) is 6.53. The molecular formula is C17H23N3O3. The summed E-state index contributed by atoms with van der Waals surface area (Å²) < 4.78 is 10.4. The molecule has 2 amide bonds. The lowest BCUT2D eigenvalue weighted by Gasteiger charge is -2.17. The van der Waals surface area contributed by atoms with E-state index in [2.05, 4.69) is 10.5 Å². The van der Waals surface area contributed by atoms with Gasteiger partial charge in [0, 0.05) is 25.1 Å². The maximum atomic E-state index is 12.2. The van der Waals surface area contributed by atoms with Crippen molar-refractivity contribution in [3.63, 3.8) is 0 Å². The molecule has 0 radical (unpaired) electrons. The Hall–Kier alpha value is -2.50. The van der Waals surface area contributed by atoms with Gasteiger partial charge in [0.2, 0.25) is 0 Å². The molecular weight excluding hydrogens is 294 g/mol. The predicted molar refractivity (Wildman–Crippen MR) is 88.7 cm³/mol. The summed E-state index contributed by atoms with van der Waals surface area (Å²) in [4.78, 5) is 13.8. The number of anilines is 1. The molecule has 0 aliphatic carbocycles. The third-order valence-electron chi connectivity index (χ3n) is 3.38. The Morgan fingerprint density at radius 1 is 1.35 bits per heavy atom. The van der Waals surface area contributed by atoms with Gasteiger partial charge in [0.15, 0.2) is 5.82 Å². The van der Waals surface area contributed by atoms with Crippen LogP contribution in [0.25, 0.3) is 0 Å². The van der Waals surface area contributed by atoms with Gasteiger partial charge in [-0.3, -0.25) is 5.32 Å². The Balaban J connectivity index is 1.98. The van der Waals surface area contributed by atoms with Crippen molar-refractivity contribution < 1.29 is 14.1 Å². The number of nitrogens with zero attached hydrogens (tertiary/aromatic N) is 2. The minimum absolute atomic E-state index is 0.150. The van der Waals surface area contributed by atoms with Crippen molar-refractivity contribution in [1.29, 1.82) is 0 Å². The molecule has 0 fully saturated rings. The number of urea groups is 1. The molecule has 124 valence electrons. The molecule has 0 saturated heterocycles. The molecule has 0 aliphatic rings. The van der Waals surface area contributed by atoms with Gasteiger partial charge in [0.05, 0.1) is 7.11 Å². The van der Waals surface area contributed by atoms with Crippen LogP contribution in [0.3, 0.4) is 0 Å². The first-order valence-electron chi connectivity index (χ1n) is 7.42. The van der Waals surface area contributed by atoms with Crippen LogP contribution in [0.1, 0.15) is 32.1 Å². The van der Waals surface area contributed by atoms with Crippen molar-refractivity contribution in [3.8, 4) is 5.75 Å². The first-order valence-corrected chi connectivity index (χ1v) is 7.42. The summed E-state index contributed by atoms with van der Waals surface area (Å²) >= 11 is 0. The van der Waals surface area contributed by atoms with Crippen molar-refractivity contribution in [2.24, 2.45) is 0 Å². The first kappa shape index (κ1) is 16.9. The minimum atomic E-state index is -0.249. The molecule has 0 spiro atoms. The van der Waals surface area contributed by atoms with Crippen LogP contribution in [0.4, 0.5) is 10.6 Å². The minimum Gasteiger partial charge on any atom is -0.497 e. The molecule has 23 heavy (non-hydrogen) atoms. The lowest BCUT2D eigenvalue weighted by Crippen LogP contribution is -2.30. The molecule has 6 heteroatoms. The summed E-state index contributed by atoms with van der Waals surface area (Å²) in [5.41, 5.74) is 0.834. The van der Waals surface area contributed by atoms with Crippen LogP contribution < -0.4 is 10.1 Å². The molecule has 0 saturated carbocycles. The van der Waals surface area contributed by atoms with E-state index in [1.165, 1.54) is 0 Å². The van der Waals surface area contributed by atoms with Crippen LogP contribution in [0.2, 0.25) is 0 Å². The molecule has 0 atom stereocenters. The number of hydrogen-bond acceptors (Lipinski definition) is 4. The lowest BCUT2D eigenvalue weighted by atomic mass is 9.93. The standard InChI is InChI=1S/C17H23N3O3/c1-17(2,3)14-10-15(19-23-14)18-16(21)20(4)11-12-7-6-8-13(9-12)22-5/h6-10H,11H2,1-5H3,(H,18,19,21). The zero-order chi connectivity index (χ0) is 17.0. The normalized spacial score (nSPS) is 11.2.